The number of benzene rings is 8. The van der Waals surface area contributed by atoms with Crippen LogP contribution >= 0.6 is 22.7 Å². The molecule has 8 aromatic carbocycles. The molecule has 0 saturated carbocycles. The van der Waals surface area contributed by atoms with Crippen molar-refractivity contribution in [3.63, 3.8) is 0 Å². The largest absolute Gasteiger partial charge is 0.308 e. The highest BCUT2D eigenvalue weighted by atomic mass is 32.1. The predicted molar refractivity (Wildman–Crippen MR) is 215 cm³/mol. The Morgan fingerprint density at radius 2 is 1.00 bits per heavy atom. The zero-order chi connectivity index (χ0) is 32.3. The molecule has 0 spiro atoms. The number of thiophene rings is 2. The SMILES string of the molecule is c1ccc(-c2ccc3cc(N(c4ccc(-c5ccccc5)c5c4sc4ccccc45)c4cccc5sc6ccccc6c45)ccc3c2)cc1. The van der Waals surface area contributed by atoms with Gasteiger partial charge in [0, 0.05) is 41.3 Å². The molecule has 230 valence electrons. The van der Waals surface area contributed by atoms with E-state index < -0.39 is 0 Å². The summed E-state index contributed by atoms with van der Waals surface area (Å²) < 4.78 is 5.20. The van der Waals surface area contributed by atoms with Gasteiger partial charge in [0.15, 0.2) is 0 Å². The third kappa shape index (κ3) is 4.66. The van der Waals surface area contributed by atoms with Gasteiger partial charge in [-0.25, -0.2) is 0 Å². The maximum atomic E-state index is 2.51. The summed E-state index contributed by atoms with van der Waals surface area (Å²) in [6, 6.07) is 64.4. The van der Waals surface area contributed by atoms with Crippen molar-refractivity contribution in [2.24, 2.45) is 0 Å². The van der Waals surface area contributed by atoms with Gasteiger partial charge in [-0.3, -0.25) is 0 Å². The molecule has 10 aromatic rings. The molecular formula is C46H29NS2. The van der Waals surface area contributed by atoms with Crippen molar-refractivity contribution in [3.8, 4) is 22.3 Å². The van der Waals surface area contributed by atoms with Crippen LogP contribution in [-0.2, 0) is 0 Å². The van der Waals surface area contributed by atoms with Crippen molar-refractivity contribution >= 4 is 90.9 Å². The van der Waals surface area contributed by atoms with Crippen molar-refractivity contribution in [2.75, 3.05) is 4.90 Å². The molecule has 0 unspecified atom stereocenters. The maximum Gasteiger partial charge on any atom is 0.0641 e. The zero-order valence-corrected chi connectivity index (χ0v) is 28.1. The molecule has 0 saturated heterocycles. The summed E-state index contributed by atoms with van der Waals surface area (Å²) in [6.45, 7) is 0. The Morgan fingerprint density at radius 1 is 0.367 bits per heavy atom. The second-order valence-corrected chi connectivity index (χ2v) is 14.6. The highest BCUT2D eigenvalue weighted by Gasteiger charge is 2.23. The molecule has 2 aromatic heterocycles. The molecule has 49 heavy (non-hydrogen) atoms. The van der Waals surface area contributed by atoms with Crippen LogP contribution in [0.4, 0.5) is 17.1 Å². The summed E-state index contributed by atoms with van der Waals surface area (Å²) in [5, 5.41) is 7.65. The minimum atomic E-state index is 1.15. The third-order valence-corrected chi connectivity index (χ3v) is 12.0. The molecule has 0 atom stereocenters. The van der Waals surface area contributed by atoms with Gasteiger partial charge in [-0.2, -0.15) is 0 Å². The van der Waals surface area contributed by atoms with E-state index in [1.165, 1.54) is 84.7 Å². The van der Waals surface area contributed by atoms with Crippen LogP contribution in [0.2, 0.25) is 0 Å². The van der Waals surface area contributed by atoms with Gasteiger partial charge in [0.25, 0.3) is 0 Å². The predicted octanol–water partition coefficient (Wildman–Crippen LogP) is 14.4. The lowest BCUT2D eigenvalue weighted by atomic mass is 9.97. The molecule has 0 amide bonds. The Bertz CT molecular complexity index is 2830. The minimum absolute atomic E-state index is 1.15. The fourth-order valence-corrected chi connectivity index (χ4v) is 9.74. The van der Waals surface area contributed by atoms with Crippen molar-refractivity contribution in [3.05, 3.63) is 176 Å². The van der Waals surface area contributed by atoms with E-state index in [-0.39, 0.29) is 0 Å². The molecule has 0 aliphatic rings. The van der Waals surface area contributed by atoms with Crippen molar-refractivity contribution in [1.29, 1.82) is 0 Å². The number of hydrogen-bond acceptors (Lipinski definition) is 3. The van der Waals surface area contributed by atoms with Gasteiger partial charge in [-0.1, -0.05) is 127 Å². The molecule has 0 radical (unpaired) electrons. The Balaban J connectivity index is 1.27. The quantitative estimate of drug-likeness (QED) is 0.178. The fraction of sp³-hybridized carbons (Fsp3) is 0. The van der Waals surface area contributed by atoms with Crippen LogP contribution in [0.5, 0.6) is 0 Å². The van der Waals surface area contributed by atoms with E-state index in [1.54, 1.807) is 0 Å². The van der Waals surface area contributed by atoms with Crippen molar-refractivity contribution in [1.82, 2.24) is 0 Å². The first-order valence-corrected chi connectivity index (χ1v) is 18.2. The first-order valence-electron chi connectivity index (χ1n) is 16.6. The summed E-state index contributed by atoms with van der Waals surface area (Å²) in [6.07, 6.45) is 0. The number of nitrogens with zero attached hydrogens (tertiary/aromatic N) is 1. The van der Waals surface area contributed by atoms with Gasteiger partial charge in [0.05, 0.1) is 16.1 Å². The second-order valence-electron chi connectivity index (χ2n) is 12.5. The van der Waals surface area contributed by atoms with Crippen molar-refractivity contribution < 1.29 is 0 Å². The zero-order valence-electron chi connectivity index (χ0n) is 26.5. The Morgan fingerprint density at radius 3 is 1.80 bits per heavy atom. The van der Waals surface area contributed by atoms with Crippen LogP contribution in [-0.4, -0.2) is 0 Å². The molecule has 0 N–H and O–H groups in total. The minimum Gasteiger partial charge on any atom is -0.308 e. The number of anilines is 3. The third-order valence-electron chi connectivity index (χ3n) is 9.64. The number of fused-ring (bicyclic) bond motifs is 7. The van der Waals surface area contributed by atoms with E-state index in [9.17, 15) is 0 Å². The van der Waals surface area contributed by atoms with Gasteiger partial charge in [-0.15, -0.1) is 22.7 Å². The van der Waals surface area contributed by atoms with E-state index in [0.29, 0.717) is 0 Å². The summed E-state index contributed by atoms with van der Waals surface area (Å²) in [5.41, 5.74) is 8.50. The van der Waals surface area contributed by atoms with Crippen molar-refractivity contribution in [2.45, 2.75) is 0 Å². The first kappa shape index (κ1) is 28.3. The highest BCUT2D eigenvalue weighted by molar-refractivity contribution is 7.26. The van der Waals surface area contributed by atoms with Crippen LogP contribution < -0.4 is 4.90 Å². The van der Waals surface area contributed by atoms with E-state index in [0.717, 1.165) is 5.69 Å². The highest BCUT2D eigenvalue weighted by Crippen LogP contribution is 2.51. The molecule has 10 rings (SSSR count). The molecule has 0 aliphatic carbocycles. The summed E-state index contributed by atoms with van der Waals surface area (Å²) >= 11 is 3.76. The van der Waals surface area contributed by atoms with E-state index >= 15 is 0 Å². The topological polar surface area (TPSA) is 3.24 Å². The van der Waals surface area contributed by atoms with Gasteiger partial charge < -0.3 is 4.90 Å². The Hall–Kier alpha value is -5.74. The van der Waals surface area contributed by atoms with E-state index in [4.69, 9.17) is 0 Å². The molecule has 0 bridgehead atoms. The van der Waals surface area contributed by atoms with Crippen LogP contribution in [0.1, 0.15) is 0 Å². The van der Waals surface area contributed by atoms with Crippen LogP contribution in [0.3, 0.4) is 0 Å². The average Bonchev–Trinajstić information content (AvgIpc) is 3.75. The smallest absolute Gasteiger partial charge is 0.0641 e. The molecule has 3 heteroatoms. The Labute approximate surface area is 292 Å². The van der Waals surface area contributed by atoms with Gasteiger partial charge in [0.1, 0.15) is 0 Å². The first-order chi connectivity index (χ1) is 24.3. The maximum absolute atomic E-state index is 2.51. The van der Waals surface area contributed by atoms with Crippen LogP contribution in [0.15, 0.2) is 176 Å². The average molecular weight is 660 g/mol. The molecular weight excluding hydrogens is 631 g/mol. The van der Waals surface area contributed by atoms with Crippen LogP contribution in [0.25, 0.3) is 73.4 Å². The van der Waals surface area contributed by atoms with Gasteiger partial charge in [0.2, 0.25) is 0 Å². The van der Waals surface area contributed by atoms with E-state index in [1.807, 2.05) is 22.7 Å². The van der Waals surface area contributed by atoms with Gasteiger partial charge >= 0.3 is 0 Å². The summed E-state index contributed by atoms with van der Waals surface area (Å²) in [4.78, 5) is 2.51. The normalized spacial score (nSPS) is 11.7. The molecule has 0 fully saturated rings. The van der Waals surface area contributed by atoms with Gasteiger partial charge in [-0.05, 0) is 81.6 Å². The molecule has 2 heterocycles. The lowest BCUT2D eigenvalue weighted by molar-refractivity contribution is 1.33. The number of rotatable bonds is 5. The fourth-order valence-electron chi connectivity index (χ4n) is 7.38. The summed E-state index contributed by atoms with van der Waals surface area (Å²) in [7, 11) is 0. The molecule has 0 aliphatic heterocycles. The lowest BCUT2D eigenvalue weighted by Gasteiger charge is -2.28. The standard InChI is InChI=1S/C46H29NS2/c1-3-12-30(13-4-1)32-22-23-34-29-35(25-24-33(34)28-32)47(39-18-11-21-43-45(39)38-17-8-9-19-41(38)48-43)40-27-26-36(31-14-5-2-6-15-31)44-37-16-7-10-20-42(37)49-46(40)44/h1-29H. The van der Waals surface area contributed by atoms with Crippen LogP contribution in [0, 0.1) is 0 Å². The summed E-state index contributed by atoms with van der Waals surface area (Å²) in [5.74, 6) is 0. The Kier molecular flexibility index (Phi) is 6.61. The lowest BCUT2D eigenvalue weighted by Crippen LogP contribution is -2.10. The monoisotopic (exact) mass is 659 g/mol. The number of hydrogen-bond donors (Lipinski definition) is 0. The second kappa shape index (κ2) is 11.5. The molecule has 1 nitrogen and oxygen atoms in total. The van der Waals surface area contributed by atoms with E-state index in [2.05, 4.69) is 181 Å².